The summed E-state index contributed by atoms with van der Waals surface area (Å²) in [5.74, 6) is 1.70. The molecule has 0 radical (unpaired) electrons. The molecular weight excluding hydrogens is 210 g/mol. The molecule has 2 N–H and O–H groups in total. The first-order valence-corrected chi connectivity index (χ1v) is 6.81. The van der Waals surface area contributed by atoms with Gasteiger partial charge >= 0.3 is 0 Å². The van der Waals surface area contributed by atoms with Crippen LogP contribution in [0.1, 0.15) is 24.1 Å². The summed E-state index contributed by atoms with van der Waals surface area (Å²) in [7, 11) is -0.564. The lowest BCUT2D eigenvalue weighted by atomic mass is 10.1. The van der Waals surface area contributed by atoms with Crippen LogP contribution >= 0.6 is 0 Å². The Kier molecular flexibility index (Phi) is 3.53. The van der Waals surface area contributed by atoms with Crippen molar-refractivity contribution >= 4 is 10.8 Å². The third kappa shape index (κ3) is 2.89. The predicted octanol–water partition coefficient (Wildman–Crippen LogP) is 0.719. The van der Waals surface area contributed by atoms with Crippen molar-refractivity contribution in [2.75, 3.05) is 11.5 Å². The van der Waals surface area contributed by atoms with Gasteiger partial charge in [-0.3, -0.25) is 9.31 Å². The molecule has 15 heavy (non-hydrogen) atoms. The zero-order chi connectivity index (χ0) is 10.7. The number of aryl methyl sites for hydroxylation is 1. The number of nitrogens with zero attached hydrogens (tertiary/aromatic N) is 1. The van der Waals surface area contributed by atoms with E-state index in [0.29, 0.717) is 6.04 Å². The minimum Gasteiger partial charge on any atom is -0.310 e. The lowest BCUT2D eigenvalue weighted by Gasteiger charge is -2.22. The highest BCUT2D eigenvalue weighted by atomic mass is 32.2. The Morgan fingerprint density at radius 1 is 1.60 bits per heavy atom. The van der Waals surface area contributed by atoms with Gasteiger partial charge in [-0.25, -0.2) is 0 Å². The smallest absolute Gasteiger partial charge is 0.0535 e. The van der Waals surface area contributed by atoms with Crippen LogP contribution in [-0.2, 0) is 17.3 Å². The molecule has 0 amide bonds. The van der Waals surface area contributed by atoms with E-state index in [-0.39, 0.29) is 0 Å². The summed E-state index contributed by atoms with van der Waals surface area (Å²) in [5, 5.41) is 10.4. The zero-order valence-electron chi connectivity index (χ0n) is 8.95. The molecule has 4 nitrogen and oxygen atoms in total. The molecule has 0 spiro atoms. The van der Waals surface area contributed by atoms with Crippen molar-refractivity contribution in [2.24, 2.45) is 0 Å². The molecule has 1 aliphatic rings. The van der Waals surface area contributed by atoms with Crippen LogP contribution in [0, 0.1) is 6.92 Å². The maximum Gasteiger partial charge on any atom is 0.0535 e. The molecule has 0 aromatic carbocycles. The molecule has 1 aliphatic heterocycles. The molecule has 0 atom stereocenters. The van der Waals surface area contributed by atoms with Gasteiger partial charge in [-0.05, 0) is 19.8 Å². The van der Waals surface area contributed by atoms with Crippen molar-refractivity contribution < 1.29 is 4.21 Å². The summed E-state index contributed by atoms with van der Waals surface area (Å²) >= 11 is 0. The number of H-pyrrole nitrogens is 1. The first-order chi connectivity index (χ1) is 7.25. The molecule has 2 heterocycles. The molecule has 0 unspecified atom stereocenters. The van der Waals surface area contributed by atoms with E-state index < -0.39 is 10.8 Å². The van der Waals surface area contributed by atoms with E-state index in [4.69, 9.17) is 0 Å². The maximum absolute atomic E-state index is 11.2. The van der Waals surface area contributed by atoms with Gasteiger partial charge in [-0.2, -0.15) is 5.10 Å². The second-order valence-corrected chi connectivity index (χ2v) is 5.72. The average Bonchev–Trinajstić information content (AvgIpc) is 2.63. The lowest BCUT2D eigenvalue weighted by molar-refractivity contribution is 0.475. The number of rotatable bonds is 3. The molecule has 0 saturated carbocycles. The van der Waals surface area contributed by atoms with Crippen LogP contribution in [0.2, 0.25) is 0 Å². The Morgan fingerprint density at radius 2 is 2.33 bits per heavy atom. The molecule has 84 valence electrons. The second-order valence-electron chi connectivity index (χ2n) is 4.02. The minimum atomic E-state index is -0.564. The van der Waals surface area contributed by atoms with Crippen molar-refractivity contribution in [3.63, 3.8) is 0 Å². The van der Waals surface area contributed by atoms with Gasteiger partial charge in [0.05, 0.1) is 6.20 Å². The van der Waals surface area contributed by atoms with Gasteiger partial charge in [-0.1, -0.05) is 0 Å². The van der Waals surface area contributed by atoms with Gasteiger partial charge in [0.2, 0.25) is 0 Å². The van der Waals surface area contributed by atoms with Crippen LogP contribution in [-0.4, -0.2) is 32.0 Å². The van der Waals surface area contributed by atoms with Crippen LogP contribution in [0.3, 0.4) is 0 Å². The van der Waals surface area contributed by atoms with Crippen LogP contribution in [0.25, 0.3) is 0 Å². The molecule has 2 rings (SSSR count). The SMILES string of the molecule is Cc1[nH]ncc1CNC1CCS(=O)CC1. The molecule has 1 saturated heterocycles. The van der Waals surface area contributed by atoms with Gasteiger partial charge in [-0.15, -0.1) is 0 Å². The largest absolute Gasteiger partial charge is 0.310 e. The molecule has 5 heteroatoms. The monoisotopic (exact) mass is 227 g/mol. The highest BCUT2D eigenvalue weighted by Crippen LogP contribution is 2.10. The normalized spacial score (nSPS) is 26.7. The highest BCUT2D eigenvalue weighted by molar-refractivity contribution is 7.85. The highest BCUT2D eigenvalue weighted by Gasteiger charge is 2.17. The topological polar surface area (TPSA) is 57.8 Å². The van der Waals surface area contributed by atoms with Gasteiger partial charge in [0.25, 0.3) is 0 Å². The van der Waals surface area contributed by atoms with E-state index in [0.717, 1.165) is 36.6 Å². The molecule has 0 aliphatic carbocycles. The Labute approximate surface area is 92.3 Å². The van der Waals surface area contributed by atoms with Crippen molar-refractivity contribution in [3.8, 4) is 0 Å². The Hall–Kier alpha value is -0.680. The second kappa shape index (κ2) is 4.90. The minimum absolute atomic E-state index is 0.525. The van der Waals surface area contributed by atoms with Gasteiger partial charge < -0.3 is 5.32 Å². The van der Waals surface area contributed by atoms with E-state index in [1.54, 1.807) is 0 Å². The van der Waals surface area contributed by atoms with E-state index in [2.05, 4.69) is 15.5 Å². The van der Waals surface area contributed by atoms with Crippen molar-refractivity contribution in [3.05, 3.63) is 17.5 Å². The Bertz CT molecular complexity index is 340. The number of hydrogen-bond acceptors (Lipinski definition) is 3. The van der Waals surface area contributed by atoms with Crippen LogP contribution in [0.5, 0.6) is 0 Å². The molecule has 1 aromatic rings. The number of aromatic nitrogens is 2. The summed E-state index contributed by atoms with van der Waals surface area (Å²) in [6, 6.07) is 0.525. The zero-order valence-corrected chi connectivity index (χ0v) is 9.77. The fourth-order valence-electron chi connectivity index (χ4n) is 1.81. The van der Waals surface area contributed by atoms with Gasteiger partial charge in [0.1, 0.15) is 0 Å². The first-order valence-electron chi connectivity index (χ1n) is 5.33. The fraction of sp³-hybridized carbons (Fsp3) is 0.700. The number of nitrogens with one attached hydrogen (secondary N) is 2. The Balaban J connectivity index is 1.79. The molecule has 1 aromatic heterocycles. The third-order valence-corrected chi connectivity index (χ3v) is 4.29. The first kappa shape index (κ1) is 10.8. The van der Waals surface area contributed by atoms with E-state index in [1.165, 1.54) is 5.56 Å². The van der Waals surface area contributed by atoms with Crippen LogP contribution < -0.4 is 5.32 Å². The number of aromatic amines is 1. The third-order valence-electron chi connectivity index (χ3n) is 2.90. The van der Waals surface area contributed by atoms with Crippen molar-refractivity contribution in [1.82, 2.24) is 15.5 Å². The molecular formula is C10H17N3OS. The van der Waals surface area contributed by atoms with E-state index >= 15 is 0 Å². The summed E-state index contributed by atoms with van der Waals surface area (Å²) in [6.45, 7) is 2.89. The fourth-order valence-corrected chi connectivity index (χ4v) is 3.11. The maximum atomic E-state index is 11.2. The van der Waals surface area contributed by atoms with Crippen molar-refractivity contribution in [1.29, 1.82) is 0 Å². The summed E-state index contributed by atoms with van der Waals surface area (Å²) in [6.07, 6.45) is 3.93. The summed E-state index contributed by atoms with van der Waals surface area (Å²) in [5.41, 5.74) is 2.35. The summed E-state index contributed by atoms with van der Waals surface area (Å²) in [4.78, 5) is 0. The molecule has 0 bridgehead atoms. The number of hydrogen-bond donors (Lipinski definition) is 2. The van der Waals surface area contributed by atoms with Gasteiger partial charge in [0.15, 0.2) is 0 Å². The van der Waals surface area contributed by atoms with E-state index in [1.807, 2.05) is 13.1 Å². The lowest BCUT2D eigenvalue weighted by Crippen LogP contribution is -2.35. The van der Waals surface area contributed by atoms with E-state index in [9.17, 15) is 4.21 Å². The molecule has 1 fully saturated rings. The Morgan fingerprint density at radius 3 is 2.93 bits per heavy atom. The average molecular weight is 227 g/mol. The van der Waals surface area contributed by atoms with Crippen LogP contribution in [0.4, 0.5) is 0 Å². The van der Waals surface area contributed by atoms with Crippen LogP contribution in [0.15, 0.2) is 6.20 Å². The van der Waals surface area contributed by atoms with Gasteiger partial charge in [0, 0.05) is 46.1 Å². The summed E-state index contributed by atoms with van der Waals surface area (Å²) < 4.78 is 11.2. The predicted molar refractivity (Wildman–Crippen MR) is 61.1 cm³/mol. The standard InChI is InChI=1S/C10H17N3OS/c1-8-9(7-12-13-8)6-11-10-2-4-15(14)5-3-10/h7,10-11H,2-6H2,1H3,(H,12,13). The quantitative estimate of drug-likeness (QED) is 0.800. The van der Waals surface area contributed by atoms with Crippen molar-refractivity contribution in [2.45, 2.75) is 32.4 Å².